The molecule has 1 unspecified atom stereocenters. The third-order valence-electron chi connectivity index (χ3n) is 2.96. The molecule has 20 heavy (non-hydrogen) atoms. The molecule has 1 aromatic carbocycles. The Hall–Kier alpha value is -1.27. The van der Waals surface area contributed by atoms with E-state index >= 15 is 0 Å². The second-order valence-electron chi connectivity index (χ2n) is 4.74. The zero-order valence-corrected chi connectivity index (χ0v) is 11.8. The fourth-order valence-electron chi connectivity index (χ4n) is 1.79. The fraction of sp³-hybridized carbons (Fsp3) is 0.462. The summed E-state index contributed by atoms with van der Waals surface area (Å²) in [5.41, 5.74) is 4.07. The Morgan fingerprint density at radius 2 is 2.00 bits per heavy atom. The molecule has 0 bridgehead atoms. The van der Waals surface area contributed by atoms with Gasteiger partial charge >= 0.3 is 6.18 Å². The van der Waals surface area contributed by atoms with Crippen LogP contribution in [0.4, 0.5) is 18.9 Å². The van der Waals surface area contributed by atoms with Gasteiger partial charge in [0.05, 0.1) is 22.2 Å². The van der Waals surface area contributed by atoms with Gasteiger partial charge in [-0.15, -0.1) is 0 Å². The van der Waals surface area contributed by atoms with E-state index in [2.05, 4.69) is 5.32 Å². The van der Waals surface area contributed by atoms with Crippen molar-refractivity contribution < 1.29 is 18.0 Å². The normalized spacial score (nSPS) is 13.4. The number of alkyl halides is 3. The lowest BCUT2D eigenvalue weighted by Gasteiger charge is -2.21. The predicted octanol–water partition coefficient (Wildman–Crippen LogP) is 3.53. The Balaban J connectivity index is 3.12. The van der Waals surface area contributed by atoms with Crippen molar-refractivity contribution in [2.45, 2.75) is 20.0 Å². The quantitative estimate of drug-likeness (QED) is 0.894. The summed E-state index contributed by atoms with van der Waals surface area (Å²) in [6.45, 7) is 3.60. The van der Waals surface area contributed by atoms with Gasteiger partial charge in [0.1, 0.15) is 0 Å². The van der Waals surface area contributed by atoms with Crippen molar-refractivity contribution in [2.75, 3.05) is 11.9 Å². The molecule has 7 heteroatoms. The van der Waals surface area contributed by atoms with Crippen molar-refractivity contribution in [2.24, 2.45) is 17.6 Å². The molecule has 1 atom stereocenters. The highest BCUT2D eigenvalue weighted by molar-refractivity contribution is 6.34. The standard InChI is InChI=1S/C13H16ClF3N2O/c1-7(2)8(6-18)12(20)19-11-9(13(15,16)17)4-3-5-10(11)14/h3-5,7-8H,6,18H2,1-2H3,(H,19,20). The van der Waals surface area contributed by atoms with Gasteiger partial charge in [-0.25, -0.2) is 0 Å². The van der Waals surface area contributed by atoms with Crippen LogP contribution in [0.3, 0.4) is 0 Å². The molecule has 1 rings (SSSR count). The van der Waals surface area contributed by atoms with E-state index in [0.717, 1.165) is 6.07 Å². The van der Waals surface area contributed by atoms with Gasteiger partial charge in [0.2, 0.25) is 5.91 Å². The third kappa shape index (κ3) is 3.86. The molecule has 3 nitrogen and oxygen atoms in total. The number of hydrogen-bond acceptors (Lipinski definition) is 2. The van der Waals surface area contributed by atoms with E-state index in [1.807, 2.05) is 0 Å². The average molecular weight is 309 g/mol. The molecule has 1 aromatic rings. The maximum absolute atomic E-state index is 12.9. The molecule has 0 radical (unpaired) electrons. The van der Waals surface area contributed by atoms with Crippen LogP contribution in [0.1, 0.15) is 19.4 Å². The van der Waals surface area contributed by atoms with E-state index in [9.17, 15) is 18.0 Å². The number of nitrogens with one attached hydrogen (secondary N) is 1. The summed E-state index contributed by atoms with van der Waals surface area (Å²) < 4.78 is 38.7. The molecular formula is C13H16ClF3N2O. The van der Waals surface area contributed by atoms with E-state index in [4.69, 9.17) is 17.3 Å². The van der Waals surface area contributed by atoms with Crippen LogP contribution >= 0.6 is 11.6 Å². The summed E-state index contributed by atoms with van der Waals surface area (Å²) in [4.78, 5) is 12.0. The molecule has 0 spiro atoms. The summed E-state index contributed by atoms with van der Waals surface area (Å²) >= 11 is 5.76. The van der Waals surface area contributed by atoms with E-state index < -0.39 is 29.3 Å². The van der Waals surface area contributed by atoms with Crippen molar-refractivity contribution >= 4 is 23.2 Å². The molecule has 112 valence electrons. The molecule has 0 aliphatic carbocycles. The number of rotatable bonds is 4. The minimum atomic E-state index is -4.59. The molecule has 0 aliphatic rings. The van der Waals surface area contributed by atoms with Crippen LogP contribution in [-0.4, -0.2) is 12.5 Å². The second kappa shape index (κ2) is 6.45. The molecule has 0 fully saturated rings. The number of carbonyl (C=O) groups excluding carboxylic acids is 1. The molecule has 0 heterocycles. The Kier molecular flexibility index (Phi) is 5.42. The molecular weight excluding hydrogens is 293 g/mol. The molecule has 0 aliphatic heterocycles. The van der Waals surface area contributed by atoms with Gasteiger partial charge in [0, 0.05) is 6.54 Å². The van der Waals surface area contributed by atoms with Crippen LogP contribution in [0, 0.1) is 11.8 Å². The number of halogens is 4. The zero-order chi connectivity index (χ0) is 15.5. The Labute approximate surface area is 120 Å². The first-order valence-electron chi connectivity index (χ1n) is 6.05. The number of hydrogen-bond donors (Lipinski definition) is 2. The fourth-order valence-corrected chi connectivity index (χ4v) is 2.01. The second-order valence-corrected chi connectivity index (χ2v) is 5.14. The smallest absolute Gasteiger partial charge is 0.330 e. The van der Waals surface area contributed by atoms with E-state index in [0.29, 0.717) is 0 Å². The van der Waals surface area contributed by atoms with Gasteiger partial charge in [-0.1, -0.05) is 31.5 Å². The molecule has 0 saturated carbocycles. The maximum atomic E-state index is 12.9. The van der Waals surface area contributed by atoms with Crippen molar-refractivity contribution in [3.8, 4) is 0 Å². The number of benzene rings is 1. The van der Waals surface area contributed by atoms with Crippen LogP contribution in [0.15, 0.2) is 18.2 Å². The summed E-state index contributed by atoms with van der Waals surface area (Å²) in [6, 6.07) is 3.34. The molecule has 0 saturated heterocycles. The van der Waals surface area contributed by atoms with Gasteiger partial charge in [0.25, 0.3) is 0 Å². The van der Waals surface area contributed by atoms with Gasteiger partial charge in [0.15, 0.2) is 0 Å². The van der Waals surface area contributed by atoms with Crippen LogP contribution in [0.5, 0.6) is 0 Å². The summed E-state index contributed by atoms with van der Waals surface area (Å²) in [5, 5.41) is 2.09. The lowest BCUT2D eigenvalue weighted by molar-refractivity contribution is -0.137. The lowest BCUT2D eigenvalue weighted by atomic mass is 9.95. The van der Waals surface area contributed by atoms with Gasteiger partial charge < -0.3 is 11.1 Å². The minimum Gasteiger partial charge on any atom is -0.330 e. The van der Waals surface area contributed by atoms with E-state index in [1.165, 1.54) is 12.1 Å². The van der Waals surface area contributed by atoms with Crippen molar-refractivity contribution in [3.63, 3.8) is 0 Å². The Morgan fingerprint density at radius 3 is 2.45 bits per heavy atom. The number of para-hydroxylation sites is 1. The first kappa shape index (κ1) is 16.8. The predicted molar refractivity (Wildman–Crippen MR) is 72.5 cm³/mol. The monoisotopic (exact) mass is 308 g/mol. The first-order valence-corrected chi connectivity index (χ1v) is 6.43. The molecule has 3 N–H and O–H groups in total. The largest absolute Gasteiger partial charge is 0.418 e. The van der Waals surface area contributed by atoms with Crippen molar-refractivity contribution in [1.82, 2.24) is 0 Å². The molecule has 0 aromatic heterocycles. The topological polar surface area (TPSA) is 55.1 Å². The van der Waals surface area contributed by atoms with E-state index in [1.54, 1.807) is 13.8 Å². The van der Waals surface area contributed by atoms with Gasteiger partial charge in [-0.2, -0.15) is 13.2 Å². The highest BCUT2D eigenvalue weighted by Crippen LogP contribution is 2.38. The van der Waals surface area contributed by atoms with Crippen LogP contribution in [0.2, 0.25) is 5.02 Å². The van der Waals surface area contributed by atoms with Crippen LogP contribution in [0.25, 0.3) is 0 Å². The first-order chi connectivity index (χ1) is 9.18. The Morgan fingerprint density at radius 1 is 1.40 bits per heavy atom. The number of carbonyl (C=O) groups is 1. The summed E-state index contributed by atoms with van der Waals surface area (Å²) in [6.07, 6.45) is -4.59. The third-order valence-corrected chi connectivity index (χ3v) is 3.28. The number of nitrogens with two attached hydrogens (primary N) is 1. The lowest BCUT2D eigenvalue weighted by Crippen LogP contribution is -2.33. The van der Waals surface area contributed by atoms with Crippen LogP contribution < -0.4 is 11.1 Å². The van der Waals surface area contributed by atoms with Gasteiger partial charge in [-0.3, -0.25) is 4.79 Å². The summed E-state index contributed by atoms with van der Waals surface area (Å²) in [5.74, 6) is -1.23. The maximum Gasteiger partial charge on any atom is 0.418 e. The highest BCUT2D eigenvalue weighted by Gasteiger charge is 2.35. The zero-order valence-electron chi connectivity index (χ0n) is 11.1. The Bertz CT molecular complexity index is 489. The van der Waals surface area contributed by atoms with Crippen molar-refractivity contribution in [1.29, 1.82) is 0 Å². The molecule has 1 amide bonds. The SMILES string of the molecule is CC(C)C(CN)C(=O)Nc1c(Cl)cccc1C(F)(F)F. The number of amides is 1. The van der Waals surface area contributed by atoms with Gasteiger partial charge in [-0.05, 0) is 18.1 Å². The van der Waals surface area contributed by atoms with E-state index in [-0.39, 0.29) is 17.5 Å². The summed E-state index contributed by atoms with van der Waals surface area (Å²) in [7, 11) is 0. The van der Waals surface area contributed by atoms with Crippen LogP contribution in [-0.2, 0) is 11.0 Å². The average Bonchev–Trinajstić information content (AvgIpc) is 2.30. The highest BCUT2D eigenvalue weighted by atomic mass is 35.5. The minimum absolute atomic E-state index is 0.0509. The number of anilines is 1. The van der Waals surface area contributed by atoms with Crippen molar-refractivity contribution in [3.05, 3.63) is 28.8 Å².